The van der Waals surface area contributed by atoms with Crippen molar-refractivity contribution in [2.45, 2.75) is 24.7 Å². The molecule has 3 nitrogen and oxygen atoms in total. The predicted molar refractivity (Wildman–Crippen MR) is 86.8 cm³/mol. The second-order valence-electron chi connectivity index (χ2n) is 5.90. The third-order valence-corrected chi connectivity index (χ3v) is 5.18. The van der Waals surface area contributed by atoms with Crippen molar-refractivity contribution < 1.29 is 9.53 Å². The van der Waals surface area contributed by atoms with Gasteiger partial charge in [-0.3, -0.25) is 4.79 Å². The van der Waals surface area contributed by atoms with E-state index >= 15 is 0 Å². The zero-order valence-corrected chi connectivity index (χ0v) is 13.0. The van der Waals surface area contributed by atoms with Gasteiger partial charge in [0, 0.05) is 0 Å². The van der Waals surface area contributed by atoms with Crippen LogP contribution in [-0.4, -0.2) is 13.0 Å². The molecule has 1 spiro atoms. The summed E-state index contributed by atoms with van der Waals surface area (Å²) in [6.07, 6.45) is 2.75. The summed E-state index contributed by atoms with van der Waals surface area (Å²) in [5, 5.41) is 3.59. The van der Waals surface area contributed by atoms with Crippen LogP contribution in [0.4, 0.5) is 5.69 Å². The number of amides is 1. The summed E-state index contributed by atoms with van der Waals surface area (Å²) in [7, 11) is 1.66. The monoisotopic (exact) mass is 313 g/mol. The third kappa shape index (κ3) is 1.66. The molecule has 1 atom stereocenters. The number of carbonyl (C=O) groups is 1. The molecule has 1 aliphatic heterocycles. The number of hydrogen-bond donors (Lipinski definition) is 1. The van der Waals surface area contributed by atoms with E-state index < -0.39 is 5.41 Å². The van der Waals surface area contributed by atoms with Crippen LogP contribution < -0.4 is 10.1 Å². The van der Waals surface area contributed by atoms with Gasteiger partial charge in [0.15, 0.2) is 0 Å². The maximum Gasteiger partial charge on any atom is 0.239 e. The summed E-state index contributed by atoms with van der Waals surface area (Å²) in [5.41, 5.74) is 3.42. The molecule has 0 saturated heterocycles. The number of methoxy groups -OCH3 is 1. The Kier molecular flexibility index (Phi) is 2.95. The van der Waals surface area contributed by atoms with E-state index in [-0.39, 0.29) is 5.91 Å². The first-order chi connectivity index (χ1) is 10.7. The number of ether oxygens (including phenoxy) is 1. The van der Waals surface area contributed by atoms with Crippen LogP contribution in [0.3, 0.4) is 0 Å². The molecular weight excluding hydrogens is 298 g/mol. The number of fused-ring (bicyclic) bond motifs is 4. The second kappa shape index (κ2) is 4.75. The largest absolute Gasteiger partial charge is 0.497 e. The number of para-hydroxylation sites is 1. The van der Waals surface area contributed by atoms with Crippen LogP contribution in [0.2, 0.25) is 5.02 Å². The Morgan fingerprint density at radius 2 is 2.09 bits per heavy atom. The highest BCUT2D eigenvalue weighted by Crippen LogP contribution is 2.51. The molecule has 0 fully saturated rings. The van der Waals surface area contributed by atoms with E-state index in [1.807, 2.05) is 36.4 Å². The number of halogens is 1. The molecule has 4 rings (SSSR count). The molecule has 2 aromatic carbocycles. The summed E-state index contributed by atoms with van der Waals surface area (Å²) in [4.78, 5) is 12.9. The van der Waals surface area contributed by atoms with Gasteiger partial charge in [0.25, 0.3) is 0 Å². The fraction of sp³-hybridized carbons (Fsp3) is 0.278. The maximum atomic E-state index is 12.9. The molecular formula is C18H16ClNO2. The van der Waals surface area contributed by atoms with Gasteiger partial charge in [-0.2, -0.15) is 0 Å². The highest BCUT2D eigenvalue weighted by molar-refractivity contribution is 6.35. The molecule has 0 radical (unpaired) electrons. The minimum Gasteiger partial charge on any atom is -0.497 e. The molecule has 0 aromatic heterocycles. The Balaban J connectivity index is 1.98. The van der Waals surface area contributed by atoms with Crippen LogP contribution in [0.25, 0.3) is 0 Å². The first-order valence-corrected chi connectivity index (χ1v) is 7.82. The van der Waals surface area contributed by atoms with Crippen LogP contribution in [0, 0.1) is 0 Å². The van der Waals surface area contributed by atoms with Crippen LogP contribution >= 0.6 is 11.6 Å². The van der Waals surface area contributed by atoms with E-state index in [1.54, 1.807) is 7.11 Å². The van der Waals surface area contributed by atoms with Crippen molar-refractivity contribution in [3.63, 3.8) is 0 Å². The van der Waals surface area contributed by atoms with Crippen molar-refractivity contribution in [1.82, 2.24) is 0 Å². The zero-order chi connectivity index (χ0) is 15.3. The van der Waals surface area contributed by atoms with Gasteiger partial charge < -0.3 is 10.1 Å². The highest BCUT2D eigenvalue weighted by atomic mass is 35.5. The van der Waals surface area contributed by atoms with Crippen LogP contribution in [-0.2, 0) is 16.6 Å². The lowest BCUT2D eigenvalue weighted by molar-refractivity contribution is -0.119. The minimum absolute atomic E-state index is 0.0294. The third-order valence-electron chi connectivity index (χ3n) is 4.87. The first kappa shape index (κ1) is 13.6. The molecule has 1 amide bonds. The second-order valence-corrected chi connectivity index (χ2v) is 6.31. The van der Waals surface area contributed by atoms with Crippen molar-refractivity contribution in [3.05, 3.63) is 58.1 Å². The highest BCUT2D eigenvalue weighted by Gasteiger charge is 2.50. The van der Waals surface area contributed by atoms with Crippen molar-refractivity contribution in [1.29, 1.82) is 0 Å². The zero-order valence-electron chi connectivity index (χ0n) is 12.3. The summed E-state index contributed by atoms with van der Waals surface area (Å²) in [5.74, 6) is 0.863. The lowest BCUT2D eigenvalue weighted by Gasteiger charge is -2.34. The number of nitrogens with one attached hydrogen (secondary N) is 1. The maximum absolute atomic E-state index is 12.9. The van der Waals surface area contributed by atoms with E-state index in [1.165, 1.54) is 5.56 Å². The minimum atomic E-state index is -0.611. The average Bonchev–Trinajstić information content (AvgIpc) is 2.82. The molecule has 2 aliphatic rings. The van der Waals surface area contributed by atoms with E-state index in [0.717, 1.165) is 41.8 Å². The number of carbonyl (C=O) groups excluding carboxylic acids is 1. The molecule has 112 valence electrons. The SMILES string of the molecule is COc1ccc2c(c1)CCCC21C(=O)Nc2c(Cl)cccc21. The first-order valence-electron chi connectivity index (χ1n) is 7.44. The Hall–Kier alpha value is -2.00. The number of hydrogen-bond acceptors (Lipinski definition) is 2. The Morgan fingerprint density at radius 1 is 1.23 bits per heavy atom. The van der Waals surface area contributed by atoms with E-state index in [0.29, 0.717) is 5.02 Å². The molecule has 0 bridgehead atoms. The molecule has 0 saturated carbocycles. The lowest BCUT2D eigenvalue weighted by Crippen LogP contribution is -2.38. The van der Waals surface area contributed by atoms with Gasteiger partial charge in [0.1, 0.15) is 11.2 Å². The Morgan fingerprint density at radius 3 is 2.91 bits per heavy atom. The van der Waals surface area contributed by atoms with Crippen LogP contribution in [0.15, 0.2) is 36.4 Å². The molecule has 2 aromatic rings. The number of anilines is 1. The molecule has 22 heavy (non-hydrogen) atoms. The van der Waals surface area contributed by atoms with Crippen molar-refractivity contribution in [2.24, 2.45) is 0 Å². The van der Waals surface area contributed by atoms with Crippen LogP contribution in [0.5, 0.6) is 5.75 Å². The molecule has 1 heterocycles. The lowest BCUT2D eigenvalue weighted by atomic mass is 9.66. The van der Waals surface area contributed by atoms with E-state index in [9.17, 15) is 4.79 Å². The average molecular weight is 314 g/mol. The standard InChI is InChI=1S/C18H16ClNO2/c1-22-12-7-8-13-11(10-12)4-3-9-18(13)14-5-2-6-15(19)16(14)20-17(18)21/h2,5-8,10H,3-4,9H2,1H3,(H,20,21). The number of aryl methyl sites for hydroxylation is 1. The van der Waals surface area contributed by atoms with Crippen molar-refractivity contribution in [3.8, 4) is 5.75 Å². The van der Waals surface area contributed by atoms with Gasteiger partial charge in [0.05, 0.1) is 17.8 Å². The van der Waals surface area contributed by atoms with Gasteiger partial charge >= 0.3 is 0 Å². The van der Waals surface area contributed by atoms with Gasteiger partial charge in [-0.05, 0) is 54.2 Å². The molecule has 4 heteroatoms. The normalized spacial score (nSPS) is 22.2. The molecule has 1 N–H and O–H groups in total. The van der Waals surface area contributed by atoms with Gasteiger partial charge in [-0.15, -0.1) is 0 Å². The van der Waals surface area contributed by atoms with Gasteiger partial charge in [-0.25, -0.2) is 0 Å². The van der Waals surface area contributed by atoms with E-state index in [4.69, 9.17) is 16.3 Å². The van der Waals surface area contributed by atoms with Gasteiger partial charge in [0.2, 0.25) is 5.91 Å². The fourth-order valence-corrected chi connectivity index (χ4v) is 4.09. The Bertz CT molecular complexity index is 787. The van der Waals surface area contributed by atoms with Crippen molar-refractivity contribution in [2.75, 3.05) is 12.4 Å². The van der Waals surface area contributed by atoms with Crippen LogP contribution in [0.1, 0.15) is 29.5 Å². The smallest absolute Gasteiger partial charge is 0.239 e. The summed E-state index contributed by atoms with van der Waals surface area (Å²) >= 11 is 6.28. The summed E-state index contributed by atoms with van der Waals surface area (Å²) in [6.45, 7) is 0. The predicted octanol–water partition coefficient (Wildman–Crippen LogP) is 3.92. The Labute approximate surface area is 134 Å². The van der Waals surface area contributed by atoms with E-state index in [2.05, 4.69) is 5.32 Å². The molecule has 1 aliphatic carbocycles. The number of benzene rings is 2. The quantitative estimate of drug-likeness (QED) is 0.866. The topological polar surface area (TPSA) is 38.3 Å². The van der Waals surface area contributed by atoms with Crippen molar-refractivity contribution >= 4 is 23.2 Å². The number of rotatable bonds is 1. The summed E-state index contributed by atoms with van der Waals surface area (Å²) < 4.78 is 5.33. The fourth-order valence-electron chi connectivity index (χ4n) is 3.86. The van der Waals surface area contributed by atoms with Gasteiger partial charge in [-0.1, -0.05) is 29.8 Å². The molecule has 1 unspecified atom stereocenters. The summed E-state index contributed by atoms with van der Waals surface area (Å²) in [6, 6.07) is 11.8.